The van der Waals surface area contributed by atoms with Crippen LogP contribution in [-0.4, -0.2) is 34.7 Å². The number of rotatable bonds is 5. The minimum absolute atomic E-state index is 0.0721. The molecule has 1 aromatic carbocycles. The van der Waals surface area contributed by atoms with Crippen LogP contribution in [0.25, 0.3) is 16.6 Å². The van der Waals surface area contributed by atoms with Gasteiger partial charge in [0, 0.05) is 30.3 Å². The highest BCUT2D eigenvalue weighted by atomic mass is 16.5. The van der Waals surface area contributed by atoms with Crippen LogP contribution in [0.15, 0.2) is 48.7 Å². The van der Waals surface area contributed by atoms with Crippen LogP contribution in [0.3, 0.4) is 0 Å². The molecule has 1 atom stereocenters. The van der Waals surface area contributed by atoms with Gasteiger partial charge in [0.1, 0.15) is 11.9 Å². The third kappa shape index (κ3) is 3.40. The van der Waals surface area contributed by atoms with Crippen LogP contribution in [0.1, 0.15) is 19.3 Å². The van der Waals surface area contributed by atoms with Crippen molar-refractivity contribution in [2.24, 2.45) is 5.92 Å². The van der Waals surface area contributed by atoms with Crippen LogP contribution in [0.5, 0.6) is 5.75 Å². The van der Waals surface area contributed by atoms with Gasteiger partial charge in [-0.25, -0.2) is 4.52 Å². The minimum atomic E-state index is 0.0721. The lowest BCUT2D eigenvalue weighted by Gasteiger charge is -2.13. The van der Waals surface area contributed by atoms with Crippen molar-refractivity contribution in [2.75, 3.05) is 18.4 Å². The lowest BCUT2D eigenvalue weighted by atomic mass is 10.1. The molecule has 6 nitrogen and oxygen atoms in total. The number of nitrogens with zero attached hydrogens (tertiary/aromatic N) is 2. The number of carbonyl (C=O) groups is 1. The largest absolute Gasteiger partial charge is 0.489 e. The van der Waals surface area contributed by atoms with Gasteiger partial charge in [-0.15, -0.1) is 0 Å². The highest BCUT2D eigenvalue weighted by molar-refractivity contribution is 5.94. The molecule has 1 saturated heterocycles. The number of amides is 1. The molecule has 27 heavy (non-hydrogen) atoms. The van der Waals surface area contributed by atoms with Crippen molar-refractivity contribution in [3.63, 3.8) is 0 Å². The number of carbonyl (C=O) groups excluding carboxylic acids is 1. The molecule has 2 aliphatic rings. The van der Waals surface area contributed by atoms with Crippen LogP contribution in [0, 0.1) is 5.92 Å². The zero-order chi connectivity index (χ0) is 18.2. The van der Waals surface area contributed by atoms with Gasteiger partial charge >= 0.3 is 0 Å². The van der Waals surface area contributed by atoms with E-state index in [4.69, 9.17) is 4.74 Å². The summed E-state index contributed by atoms with van der Waals surface area (Å²) in [5.74, 6) is 1.73. The molecule has 1 saturated carbocycles. The summed E-state index contributed by atoms with van der Waals surface area (Å²) in [7, 11) is 0. The molecule has 2 fully saturated rings. The van der Waals surface area contributed by atoms with Crippen molar-refractivity contribution in [3.05, 3.63) is 48.7 Å². The number of anilines is 1. The second-order valence-electron chi connectivity index (χ2n) is 7.30. The molecule has 3 aromatic rings. The average molecular weight is 362 g/mol. The Kier molecular flexibility index (Phi) is 4.05. The molecule has 5 rings (SSSR count). The van der Waals surface area contributed by atoms with E-state index in [1.54, 1.807) is 0 Å². The monoisotopic (exact) mass is 362 g/mol. The number of hydrogen-bond donors (Lipinski definition) is 2. The first-order valence-electron chi connectivity index (χ1n) is 9.53. The first-order chi connectivity index (χ1) is 13.3. The first kappa shape index (κ1) is 16.3. The zero-order valence-electron chi connectivity index (χ0n) is 15.0. The Morgan fingerprint density at radius 3 is 2.78 bits per heavy atom. The van der Waals surface area contributed by atoms with Crippen molar-refractivity contribution in [1.82, 2.24) is 14.9 Å². The molecule has 1 aliphatic carbocycles. The second kappa shape index (κ2) is 6.70. The normalized spacial score (nSPS) is 19.3. The average Bonchev–Trinajstić information content (AvgIpc) is 3.26. The lowest BCUT2D eigenvalue weighted by molar-refractivity contribution is -0.117. The van der Waals surface area contributed by atoms with Crippen LogP contribution >= 0.6 is 0 Å². The van der Waals surface area contributed by atoms with E-state index in [1.807, 2.05) is 35.0 Å². The quantitative estimate of drug-likeness (QED) is 0.732. The van der Waals surface area contributed by atoms with Gasteiger partial charge in [0.2, 0.25) is 5.91 Å². The summed E-state index contributed by atoms with van der Waals surface area (Å²) in [6, 6.07) is 14.2. The van der Waals surface area contributed by atoms with E-state index >= 15 is 0 Å². The second-order valence-corrected chi connectivity index (χ2v) is 7.30. The fourth-order valence-corrected chi connectivity index (χ4v) is 3.53. The number of fused-ring (bicyclic) bond motifs is 1. The molecule has 0 spiro atoms. The Morgan fingerprint density at radius 1 is 1.19 bits per heavy atom. The van der Waals surface area contributed by atoms with Crippen LogP contribution in [-0.2, 0) is 4.79 Å². The molecule has 1 aliphatic heterocycles. The van der Waals surface area contributed by atoms with Gasteiger partial charge in [-0.1, -0.05) is 18.2 Å². The van der Waals surface area contributed by atoms with E-state index in [0.717, 1.165) is 54.7 Å². The number of benzene rings is 1. The van der Waals surface area contributed by atoms with Gasteiger partial charge in [-0.2, -0.15) is 5.10 Å². The van der Waals surface area contributed by atoms with Crippen molar-refractivity contribution in [3.8, 4) is 16.9 Å². The Labute approximate surface area is 157 Å². The molecule has 3 heterocycles. The third-order valence-electron chi connectivity index (χ3n) is 5.18. The van der Waals surface area contributed by atoms with E-state index in [0.29, 0.717) is 5.82 Å². The predicted octanol–water partition coefficient (Wildman–Crippen LogP) is 3.09. The summed E-state index contributed by atoms with van der Waals surface area (Å²) in [4.78, 5) is 12.0. The maximum Gasteiger partial charge on any atom is 0.228 e. The van der Waals surface area contributed by atoms with Gasteiger partial charge in [-0.05, 0) is 49.6 Å². The maximum absolute atomic E-state index is 12.0. The summed E-state index contributed by atoms with van der Waals surface area (Å²) >= 11 is 0. The molecule has 6 heteroatoms. The van der Waals surface area contributed by atoms with E-state index in [2.05, 4.69) is 33.9 Å². The number of nitrogens with one attached hydrogen (secondary N) is 2. The van der Waals surface area contributed by atoms with Gasteiger partial charge in [0.15, 0.2) is 5.82 Å². The van der Waals surface area contributed by atoms with Crippen LogP contribution in [0.4, 0.5) is 5.82 Å². The molecule has 138 valence electrons. The van der Waals surface area contributed by atoms with Crippen molar-refractivity contribution >= 4 is 17.2 Å². The molecule has 0 bridgehead atoms. The summed E-state index contributed by atoms with van der Waals surface area (Å²) in [6.45, 7) is 1.93. The van der Waals surface area contributed by atoms with Gasteiger partial charge in [0.25, 0.3) is 0 Å². The summed E-state index contributed by atoms with van der Waals surface area (Å²) in [5.41, 5.74) is 3.14. The van der Waals surface area contributed by atoms with Gasteiger partial charge in [0.05, 0.1) is 5.52 Å². The minimum Gasteiger partial charge on any atom is -0.489 e. The van der Waals surface area contributed by atoms with Crippen LogP contribution in [0.2, 0.25) is 0 Å². The lowest BCUT2D eigenvalue weighted by Crippen LogP contribution is -2.19. The van der Waals surface area contributed by atoms with E-state index < -0.39 is 0 Å². The smallest absolute Gasteiger partial charge is 0.228 e. The Hall–Kier alpha value is -2.86. The Balaban J connectivity index is 1.40. The fourth-order valence-electron chi connectivity index (χ4n) is 3.53. The van der Waals surface area contributed by atoms with Gasteiger partial charge < -0.3 is 15.4 Å². The van der Waals surface area contributed by atoms with Gasteiger partial charge in [-0.3, -0.25) is 4.79 Å². The standard InChI is InChI=1S/C21H22N4O2/c26-21(15-3-4-15)23-20-12-19-18(2-1-11-25(19)24-20)14-5-7-16(8-6-14)27-17-9-10-22-13-17/h1-2,5-8,11-12,15,17,22H,3-4,9-10,13H2,(H,23,24,26)/t17-/m1/s1. The molecule has 0 radical (unpaired) electrons. The van der Waals surface area contributed by atoms with Crippen LogP contribution < -0.4 is 15.4 Å². The Morgan fingerprint density at radius 2 is 2.04 bits per heavy atom. The molecule has 1 amide bonds. The zero-order valence-corrected chi connectivity index (χ0v) is 15.0. The SMILES string of the molecule is O=C(Nc1cc2c(-c3ccc(O[C@@H]4CCNC4)cc3)cccn2n1)C1CC1. The molecular weight excluding hydrogens is 340 g/mol. The third-order valence-corrected chi connectivity index (χ3v) is 5.18. The predicted molar refractivity (Wildman–Crippen MR) is 104 cm³/mol. The van der Waals surface area contributed by atoms with E-state index in [1.165, 1.54) is 0 Å². The first-order valence-corrected chi connectivity index (χ1v) is 9.53. The van der Waals surface area contributed by atoms with E-state index in [-0.39, 0.29) is 17.9 Å². The molecule has 2 N–H and O–H groups in total. The summed E-state index contributed by atoms with van der Waals surface area (Å²) in [5, 5.41) is 10.7. The highest BCUT2D eigenvalue weighted by Gasteiger charge is 2.30. The fraction of sp³-hybridized carbons (Fsp3) is 0.333. The molecule has 0 unspecified atom stereocenters. The highest BCUT2D eigenvalue weighted by Crippen LogP contribution is 2.31. The van der Waals surface area contributed by atoms with Crippen molar-refractivity contribution in [2.45, 2.75) is 25.4 Å². The number of aromatic nitrogens is 2. The number of ether oxygens (including phenoxy) is 1. The Bertz CT molecular complexity index is 970. The maximum atomic E-state index is 12.0. The van der Waals surface area contributed by atoms with E-state index in [9.17, 15) is 4.79 Å². The topological polar surface area (TPSA) is 67.7 Å². The molecular formula is C21H22N4O2. The number of hydrogen-bond acceptors (Lipinski definition) is 4. The van der Waals surface area contributed by atoms with Crippen molar-refractivity contribution < 1.29 is 9.53 Å². The van der Waals surface area contributed by atoms with Crippen molar-refractivity contribution in [1.29, 1.82) is 0 Å². The summed E-state index contributed by atoms with van der Waals surface area (Å²) in [6.07, 6.45) is 5.17. The molecule has 2 aromatic heterocycles. The summed E-state index contributed by atoms with van der Waals surface area (Å²) < 4.78 is 7.81. The number of pyridine rings is 1.